The van der Waals surface area contributed by atoms with Crippen LogP contribution in [0.1, 0.15) is 50.0 Å². The maximum absolute atomic E-state index is 13.1. The lowest BCUT2D eigenvalue weighted by Gasteiger charge is -2.35. The van der Waals surface area contributed by atoms with Crippen molar-refractivity contribution in [2.45, 2.75) is 51.6 Å². The van der Waals surface area contributed by atoms with E-state index in [1.54, 1.807) is 11.1 Å². The maximum Gasteiger partial charge on any atom is 0.251 e. The van der Waals surface area contributed by atoms with E-state index in [2.05, 4.69) is 10.4 Å². The number of hydrazine groups is 1. The summed E-state index contributed by atoms with van der Waals surface area (Å²) in [5.41, 5.74) is 10.1. The molecule has 0 radical (unpaired) electrons. The Labute approximate surface area is 160 Å². The van der Waals surface area contributed by atoms with Crippen molar-refractivity contribution >= 4 is 22.6 Å². The van der Waals surface area contributed by atoms with Gasteiger partial charge in [-0.2, -0.15) is 0 Å². The lowest BCUT2D eigenvalue weighted by atomic mass is 9.97. The first-order valence-corrected chi connectivity index (χ1v) is 9.68. The van der Waals surface area contributed by atoms with E-state index in [0.717, 1.165) is 23.7 Å². The van der Waals surface area contributed by atoms with Gasteiger partial charge in [-0.15, -0.1) is 0 Å². The van der Waals surface area contributed by atoms with E-state index in [4.69, 9.17) is 5.73 Å². The molecule has 1 amide bonds. The number of fused-ring (bicyclic) bond motifs is 1. The molecular formula is C21H28N4O2. The van der Waals surface area contributed by atoms with Crippen LogP contribution < -0.4 is 11.2 Å². The number of amides is 1. The Hall–Kier alpha value is -2.31. The molecule has 1 aliphatic rings. The number of piperidine rings is 1. The summed E-state index contributed by atoms with van der Waals surface area (Å²) in [6.45, 7) is 4.71. The number of hydrogen-bond donors (Lipinski definition) is 2. The van der Waals surface area contributed by atoms with Crippen LogP contribution in [0.3, 0.4) is 0 Å². The van der Waals surface area contributed by atoms with Gasteiger partial charge < -0.3 is 5.73 Å². The molecule has 2 atom stereocenters. The minimum atomic E-state index is -0.568. The molecule has 1 aliphatic heterocycles. The highest BCUT2D eigenvalue weighted by molar-refractivity contribution is 6.00. The van der Waals surface area contributed by atoms with E-state index in [1.807, 2.05) is 44.2 Å². The topological polar surface area (TPSA) is 88.3 Å². The van der Waals surface area contributed by atoms with Crippen molar-refractivity contribution in [1.82, 2.24) is 15.4 Å². The molecule has 6 nitrogen and oxygen atoms in total. The van der Waals surface area contributed by atoms with Crippen molar-refractivity contribution in [3.8, 4) is 0 Å². The number of aromatic nitrogens is 1. The summed E-state index contributed by atoms with van der Waals surface area (Å²) in [5.74, 6) is 0.0550. The summed E-state index contributed by atoms with van der Waals surface area (Å²) < 4.78 is 0. The molecule has 0 saturated carbocycles. The van der Waals surface area contributed by atoms with Gasteiger partial charge in [-0.05, 0) is 37.3 Å². The van der Waals surface area contributed by atoms with Crippen LogP contribution >= 0.6 is 0 Å². The fourth-order valence-electron chi connectivity index (χ4n) is 3.55. The first-order valence-electron chi connectivity index (χ1n) is 9.68. The van der Waals surface area contributed by atoms with Crippen molar-refractivity contribution in [2.24, 2.45) is 11.7 Å². The van der Waals surface area contributed by atoms with Gasteiger partial charge in [-0.1, -0.05) is 44.5 Å². The second-order valence-corrected chi connectivity index (χ2v) is 7.67. The Morgan fingerprint density at radius 3 is 2.78 bits per heavy atom. The zero-order valence-corrected chi connectivity index (χ0v) is 16.0. The van der Waals surface area contributed by atoms with E-state index in [1.165, 1.54) is 0 Å². The molecule has 0 aliphatic carbocycles. The minimum absolute atomic E-state index is 0.0572. The second kappa shape index (κ2) is 8.59. The number of benzene rings is 1. The van der Waals surface area contributed by atoms with E-state index >= 15 is 0 Å². The molecule has 2 heterocycles. The standard InChI is InChI=1S/C21H28N4O2/c1-14(2)13-16(22)21(27)24-25-12-6-5-9-19(25)20(26)18-11-10-15-7-3-4-8-17(15)23-18/h3-4,7-8,10-11,14,16,19H,5-6,9,12-13,22H2,1-2H3,(H,24,27)/t16-,19?/m0/s1. The molecule has 1 fully saturated rings. The van der Waals surface area contributed by atoms with Crippen LogP contribution in [0.2, 0.25) is 0 Å². The van der Waals surface area contributed by atoms with Gasteiger partial charge in [0.15, 0.2) is 5.78 Å². The Morgan fingerprint density at radius 1 is 1.22 bits per heavy atom. The third-order valence-corrected chi connectivity index (χ3v) is 4.97. The Morgan fingerprint density at radius 2 is 2.00 bits per heavy atom. The van der Waals surface area contributed by atoms with Gasteiger partial charge in [0.1, 0.15) is 5.69 Å². The summed E-state index contributed by atoms with van der Waals surface area (Å²) in [6.07, 6.45) is 3.21. The Balaban J connectivity index is 1.75. The summed E-state index contributed by atoms with van der Waals surface area (Å²) in [4.78, 5) is 30.0. The highest BCUT2D eigenvalue weighted by Crippen LogP contribution is 2.20. The first-order chi connectivity index (χ1) is 13.0. The number of nitrogens with one attached hydrogen (secondary N) is 1. The van der Waals surface area contributed by atoms with Gasteiger partial charge >= 0.3 is 0 Å². The molecule has 1 unspecified atom stereocenters. The number of nitrogens with zero attached hydrogens (tertiary/aromatic N) is 2. The first kappa shape index (κ1) is 19.5. The molecule has 0 bridgehead atoms. The van der Waals surface area contributed by atoms with Gasteiger partial charge in [-0.25, -0.2) is 9.99 Å². The van der Waals surface area contributed by atoms with Gasteiger partial charge in [0.2, 0.25) is 0 Å². The molecule has 3 rings (SSSR count). The monoisotopic (exact) mass is 368 g/mol. The fraction of sp³-hybridized carbons (Fsp3) is 0.476. The zero-order valence-electron chi connectivity index (χ0n) is 16.0. The lowest BCUT2D eigenvalue weighted by Crippen LogP contribution is -2.57. The molecule has 3 N–H and O–H groups in total. The number of carbonyl (C=O) groups excluding carboxylic acids is 2. The smallest absolute Gasteiger partial charge is 0.251 e. The minimum Gasteiger partial charge on any atom is -0.320 e. The summed E-state index contributed by atoms with van der Waals surface area (Å²) in [5, 5.41) is 2.76. The highest BCUT2D eigenvalue weighted by atomic mass is 16.2. The van der Waals surface area contributed by atoms with Crippen LogP contribution in [-0.2, 0) is 4.79 Å². The molecule has 144 valence electrons. The molecule has 6 heteroatoms. The van der Waals surface area contributed by atoms with Gasteiger partial charge in [-0.3, -0.25) is 15.0 Å². The molecule has 1 saturated heterocycles. The third kappa shape index (κ3) is 4.70. The predicted molar refractivity (Wildman–Crippen MR) is 106 cm³/mol. The van der Waals surface area contributed by atoms with Gasteiger partial charge in [0, 0.05) is 11.9 Å². The van der Waals surface area contributed by atoms with Crippen molar-refractivity contribution in [2.75, 3.05) is 6.54 Å². The van der Waals surface area contributed by atoms with Crippen molar-refractivity contribution < 1.29 is 9.59 Å². The second-order valence-electron chi connectivity index (χ2n) is 7.67. The largest absolute Gasteiger partial charge is 0.320 e. The summed E-state index contributed by atoms with van der Waals surface area (Å²) in [7, 11) is 0. The summed E-state index contributed by atoms with van der Waals surface area (Å²) >= 11 is 0. The van der Waals surface area contributed by atoms with Crippen LogP contribution in [0.15, 0.2) is 36.4 Å². The number of carbonyl (C=O) groups is 2. The number of rotatable bonds is 6. The van der Waals surface area contributed by atoms with E-state index < -0.39 is 12.1 Å². The van der Waals surface area contributed by atoms with Crippen LogP contribution in [0, 0.1) is 5.92 Å². The van der Waals surface area contributed by atoms with Gasteiger partial charge in [0.25, 0.3) is 5.91 Å². The molecule has 1 aromatic heterocycles. The highest BCUT2D eigenvalue weighted by Gasteiger charge is 2.32. The van der Waals surface area contributed by atoms with Gasteiger partial charge in [0.05, 0.1) is 17.6 Å². The van der Waals surface area contributed by atoms with E-state index in [-0.39, 0.29) is 11.7 Å². The fourth-order valence-corrected chi connectivity index (χ4v) is 3.55. The number of ketones is 1. The van der Waals surface area contributed by atoms with Crippen LogP contribution in [0.5, 0.6) is 0 Å². The van der Waals surface area contributed by atoms with E-state index in [9.17, 15) is 9.59 Å². The number of nitrogens with two attached hydrogens (primary N) is 1. The van der Waals surface area contributed by atoms with Crippen molar-refractivity contribution in [3.63, 3.8) is 0 Å². The number of hydrogen-bond acceptors (Lipinski definition) is 5. The lowest BCUT2D eigenvalue weighted by molar-refractivity contribution is -0.128. The van der Waals surface area contributed by atoms with Crippen molar-refractivity contribution in [3.05, 3.63) is 42.1 Å². The Kier molecular flexibility index (Phi) is 6.19. The van der Waals surface area contributed by atoms with E-state index in [0.29, 0.717) is 31.0 Å². The summed E-state index contributed by atoms with van der Waals surface area (Å²) in [6, 6.07) is 10.4. The Bertz CT molecular complexity index is 821. The number of Topliss-reactive ketones (excluding diaryl/α,β-unsaturated/α-hetero) is 1. The molecular weight excluding hydrogens is 340 g/mol. The van der Waals surface area contributed by atoms with Crippen LogP contribution in [0.25, 0.3) is 10.9 Å². The average molecular weight is 368 g/mol. The molecule has 2 aromatic rings. The normalized spacial score (nSPS) is 19.2. The zero-order chi connectivity index (χ0) is 19.4. The average Bonchev–Trinajstić information content (AvgIpc) is 2.67. The van der Waals surface area contributed by atoms with Crippen LogP contribution in [-0.4, -0.2) is 40.3 Å². The third-order valence-electron chi connectivity index (χ3n) is 4.97. The molecule has 0 spiro atoms. The van der Waals surface area contributed by atoms with Crippen molar-refractivity contribution in [1.29, 1.82) is 0 Å². The molecule has 27 heavy (non-hydrogen) atoms. The maximum atomic E-state index is 13.1. The number of pyridine rings is 1. The predicted octanol–water partition coefficient (Wildman–Crippen LogP) is 2.68. The molecule has 1 aromatic carbocycles. The van der Waals surface area contributed by atoms with Crippen LogP contribution in [0.4, 0.5) is 0 Å². The number of para-hydroxylation sites is 1. The quantitative estimate of drug-likeness (QED) is 0.766. The SMILES string of the molecule is CC(C)C[C@H](N)C(=O)NN1CCCCC1C(=O)c1ccc2ccccc2n1.